The summed E-state index contributed by atoms with van der Waals surface area (Å²) in [5.41, 5.74) is 7.06. The van der Waals surface area contributed by atoms with E-state index in [-0.39, 0.29) is 11.3 Å². The summed E-state index contributed by atoms with van der Waals surface area (Å²) in [6.07, 6.45) is -0.942. The third kappa shape index (κ3) is 5.12. The lowest BCUT2D eigenvalue weighted by molar-refractivity contribution is -0.129. The minimum Gasteiger partial charge on any atom is -0.497 e. The lowest BCUT2D eigenvalue weighted by Gasteiger charge is -2.14. The molecular formula is C18H19ClN2O4. The van der Waals surface area contributed by atoms with Crippen LogP contribution in [0.15, 0.2) is 42.5 Å². The van der Waals surface area contributed by atoms with Crippen molar-refractivity contribution in [2.75, 3.05) is 12.8 Å². The Morgan fingerprint density at radius 2 is 1.88 bits per heavy atom. The van der Waals surface area contributed by atoms with Crippen molar-refractivity contribution in [2.45, 2.75) is 19.6 Å². The van der Waals surface area contributed by atoms with E-state index in [1.807, 2.05) is 12.1 Å². The number of amides is 1. The Bertz CT molecular complexity index is 762. The van der Waals surface area contributed by atoms with Crippen molar-refractivity contribution in [1.29, 1.82) is 0 Å². The average Bonchev–Trinajstić information content (AvgIpc) is 2.62. The monoisotopic (exact) mass is 362 g/mol. The number of anilines is 1. The van der Waals surface area contributed by atoms with Gasteiger partial charge in [0.25, 0.3) is 5.91 Å². The molecule has 0 aliphatic carbocycles. The molecule has 0 bridgehead atoms. The van der Waals surface area contributed by atoms with Crippen LogP contribution in [0.3, 0.4) is 0 Å². The number of ether oxygens (including phenoxy) is 2. The van der Waals surface area contributed by atoms with Gasteiger partial charge in [-0.3, -0.25) is 4.79 Å². The molecule has 0 spiro atoms. The Kier molecular flexibility index (Phi) is 6.25. The topological polar surface area (TPSA) is 90.6 Å². The third-order valence-corrected chi connectivity index (χ3v) is 3.85. The van der Waals surface area contributed by atoms with Gasteiger partial charge in [0.1, 0.15) is 5.75 Å². The van der Waals surface area contributed by atoms with Gasteiger partial charge in [0, 0.05) is 6.54 Å². The number of rotatable bonds is 6. The molecule has 0 saturated carbocycles. The molecule has 0 heterocycles. The molecule has 2 rings (SSSR count). The number of nitrogens with one attached hydrogen (secondary N) is 1. The molecular weight excluding hydrogens is 344 g/mol. The first-order valence-electron chi connectivity index (χ1n) is 7.57. The van der Waals surface area contributed by atoms with Crippen LogP contribution in [0.25, 0.3) is 0 Å². The summed E-state index contributed by atoms with van der Waals surface area (Å²) in [5.74, 6) is -0.304. The summed E-state index contributed by atoms with van der Waals surface area (Å²) in [6.45, 7) is 1.82. The molecule has 0 unspecified atom stereocenters. The van der Waals surface area contributed by atoms with Crippen LogP contribution in [0.2, 0.25) is 5.02 Å². The molecule has 6 nitrogen and oxygen atoms in total. The first-order chi connectivity index (χ1) is 11.9. The van der Waals surface area contributed by atoms with E-state index in [0.29, 0.717) is 11.6 Å². The highest BCUT2D eigenvalue weighted by Crippen LogP contribution is 2.20. The van der Waals surface area contributed by atoms with E-state index >= 15 is 0 Å². The number of methoxy groups -OCH3 is 1. The second-order valence-corrected chi connectivity index (χ2v) is 5.76. The number of nitrogens with two attached hydrogens (primary N) is 1. The number of carbonyl (C=O) groups excluding carboxylic acids is 2. The summed E-state index contributed by atoms with van der Waals surface area (Å²) in [4.78, 5) is 24.1. The number of hydrogen-bond acceptors (Lipinski definition) is 5. The third-order valence-electron chi connectivity index (χ3n) is 3.51. The molecule has 2 aromatic carbocycles. The largest absolute Gasteiger partial charge is 0.497 e. The Morgan fingerprint density at radius 1 is 1.20 bits per heavy atom. The quantitative estimate of drug-likeness (QED) is 0.609. The molecule has 7 heteroatoms. The van der Waals surface area contributed by atoms with E-state index < -0.39 is 18.0 Å². The summed E-state index contributed by atoms with van der Waals surface area (Å²) >= 11 is 5.81. The first-order valence-corrected chi connectivity index (χ1v) is 7.95. The van der Waals surface area contributed by atoms with Crippen molar-refractivity contribution in [1.82, 2.24) is 5.32 Å². The van der Waals surface area contributed by atoms with Gasteiger partial charge in [0.05, 0.1) is 23.4 Å². The van der Waals surface area contributed by atoms with Crippen LogP contribution in [-0.4, -0.2) is 25.1 Å². The number of hydrogen-bond donors (Lipinski definition) is 2. The van der Waals surface area contributed by atoms with E-state index in [9.17, 15) is 9.59 Å². The fourth-order valence-corrected chi connectivity index (χ4v) is 2.15. The van der Waals surface area contributed by atoms with Crippen molar-refractivity contribution < 1.29 is 19.1 Å². The lowest BCUT2D eigenvalue weighted by Crippen LogP contribution is -2.35. The van der Waals surface area contributed by atoms with Gasteiger partial charge in [-0.2, -0.15) is 0 Å². The van der Waals surface area contributed by atoms with Crippen molar-refractivity contribution in [3.8, 4) is 5.75 Å². The molecule has 0 aliphatic rings. The van der Waals surface area contributed by atoms with Crippen LogP contribution in [0.4, 0.5) is 5.69 Å². The molecule has 1 amide bonds. The van der Waals surface area contributed by atoms with Crippen molar-refractivity contribution in [2.24, 2.45) is 0 Å². The molecule has 0 radical (unpaired) electrons. The fraction of sp³-hybridized carbons (Fsp3) is 0.222. The van der Waals surface area contributed by atoms with Gasteiger partial charge in [-0.1, -0.05) is 23.7 Å². The smallest absolute Gasteiger partial charge is 0.338 e. The fourth-order valence-electron chi connectivity index (χ4n) is 2.03. The molecule has 0 saturated heterocycles. The molecule has 0 fully saturated rings. The summed E-state index contributed by atoms with van der Waals surface area (Å²) in [5, 5.41) is 3.06. The molecule has 1 atom stereocenters. The van der Waals surface area contributed by atoms with Crippen LogP contribution >= 0.6 is 11.6 Å². The van der Waals surface area contributed by atoms with Crippen LogP contribution in [0.5, 0.6) is 5.75 Å². The molecule has 0 aromatic heterocycles. The van der Waals surface area contributed by atoms with Gasteiger partial charge in [-0.25, -0.2) is 4.79 Å². The molecule has 2 aromatic rings. The zero-order valence-corrected chi connectivity index (χ0v) is 14.7. The Balaban J connectivity index is 1.88. The second kappa shape index (κ2) is 8.39. The minimum atomic E-state index is -0.942. The van der Waals surface area contributed by atoms with Crippen LogP contribution in [0.1, 0.15) is 22.8 Å². The van der Waals surface area contributed by atoms with Gasteiger partial charge in [-0.05, 0) is 42.8 Å². The maximum Gasteiger partial charge on any atom is 0.338 e. The van der Waals surface area contributed by atoms with Crippen molar-refractivity contribution in [3.05, 3.63) is 58.6 Å². The van der Waals surface area contributed by atoms with E-state index in [2.05, 4.69) is 5.32 Å². The molecule has 0 aliphatic heterocycles. The maximum absolute atomic E-state index is 12.1. The second-order valence-electron chi connectivity index (χ2n) is 5.35. The average molecular weight is 363 g/mol. The van der Waals surface area contributed by atoms with Crippen LogP contribution < -0.4 is 15.8 Å². The highest BCUT2D eigenvalue weighted by Gasteiger charge is 2.19. The first kappa shape index (κ1) is 18.6. The predicted molar refractivity (Wildman–Crippen MR) is 95.6 cm³/mol. The zero-order chi connectivity index (χ0) is 18.4. The SMILES string of the molecule is COc1ccc(CNC(=O)[C@@H](C)OC(=O)c2ccc(Cl)c(N)c2)cc1. The molecule has 3 N–H and O–H groups in total. The molecule has 25 heavy (non-hydrogen) atoms. The standard InChI is InChI=1S/C18H19ClN2O4/c1-11(25-18(23)13-5-8-15(19)16(20)9-13)17(22)21-10-12-3-6-14(24-2)7-4-12/h3-9,11H,10,20H2,1-2H3,(H,21,22)/t11-/m1/s1. The normalized spacial score (nSPS) is 11.5. The van der Waals surface area contributed by atoms with E-state index in [0.717, 1.165) is 11.3 Å². The number of esters is 1. The van der Waals surface area contributed by atoms with E-state index in [4.69, 9.17) is 26.8 Å². The Labute approximate surface area is 150 Å². The van der Waals surface area contributed by atoms with Gasteiger partial charge in [0.2, 0.25) is 0 Å². The van der Waals surface area contributed by atoms with Gasteiger partial charge in [0.15, 0.2) is 6.10 Å². The summed E-state index contributed by atoms with van der Waals surface area (Å²) < 4.78 is 10.2. The van der Waals surface area contributed by atoms with E-state index in [1.165, 1.54) is 25.1 Å². The highest BCUT2D eigenvalue weighted by molar-refractivity contribution is 6.33. The predicted octanol–water partition coefficient (Wildman–Crippen LogP) is 2.79. The number of halogens is 1. The zero-order valence-electron chi connectivity index (χ0n) is 13.9. The number of carbonyl (C=O) groups is 2. The Morgan fingerprint density at radius 3 is 2.48 bits per heavy atom. The van der Waals surface area contributed by atoms with Gasteiger partial charge >= 0.3 is 5.97 Å². The van der Waals surface area contributed by atoms with Crippen LogP contribution in [-0.2, 0) is 16.1 Å². The molecule has 132 valence electrons. The van der Waals surface area contributed by atoms with Crippen molar-refractivity contribution in [3.63, 3.8) is 0 Å². The van der Waals surface area contributed by atoms with Crippen LogP contribution in [0, 0.1) is 0 Å². The maximum atomic E-state index is 12.1. The lowest BCUT2D eigenvalue weighted by atomic mass is 10.2. The van der Waals surface area contributed by atoms with Gasteiger partial charge < -0.3 is 20.5 Å². The summed E-state index contributed by atoms with van der Waals surface area (Å²) in [6, 6.07) is 11.7. The number of nitrogen functional groups attached to an aromatic ring is 1. The summed E-state index contributed by atoms with van der Waals surface area (Å²) in [7, 11) is 1.58. The van der Waals surface area contributed by atoms with E-state index in [1.54, 1.807) is 19.2 Å². The minimum absolute atomic E-state index is 0.233. The highest BCUT2D eigenvalue weighted by atomic mass is 35.5. The Hall–Kier alpha value is -2.73. The van der Waals surface area contributed by atoms with Gasteiger partial charge in [-0.15, -0.1) is 0 Å². The van der Waals surface area contributed by atoms with Crippen molar-refractivity contribution >= 4 is 29.2 Å². The number of benzene rings is 2.